The standard InChI is InChI=1S/C9H11N5/c10-8-2-1-7(5-14-8)13-6-9-11-3-4-12-9/h1-5,13H,6H2,(H2,10,14)(H,11,12). The lowest BCUT2D eigenvalue weighted by molar-refractivity contribution is 0.998. The first-order valence-corrected chi connectivity index (χ1v) is 4.28. The summed E-state index contributed by atoms with van der Waals surface area (Å²) in [5, 5.41) is 3.16. The van der Waals surface area contributed by atoms with E-state index in [0.717, 1.165) is 11.5 Å². The van der Waals surface area contributed by atoms with Crippen molar-refractivity contribution in [3.63, 3.8) is 0 Å². The van der Waals surface area contributed by atoms with Crippen LogP contribution in [-0.4, -0.2) is 15.0 Å². The minimum absolute atomic E-state index is 0.522. The normalized spacial score (nSPS) is 10.0. The molecule has 0 saturated carbocycles. The van der Waals surface area contributed by atoms with Gasteiger partial charge in [-0.2, -0.15) is 0 Å². The molecule has 2 rings (SSSR count). The van der Waals surface area contributed by atoms with Crippen LogP contribution in [0.4, 0.5) is 11.5 Å². The summed E-state index contributed by atoms with van der Waals surface area (Å²) in [4.78, 5) is 11.0. The summed E-state index contributed by atoms with van der Waals surface area (Å²) in [5.41, 5.74) is 6.39. The molecule has 0 fully saturated rings. The number of rotatable bonds is 3. The van der Waals surface area contributed by atoms with Gasteiger partial charge in [-0.15, -0.1) is 0 Å². The molecule has 0 spiro atoms. The average Bonchev–Trinajstić information content (AvgIpc) is 2.70. The fraction of sp³-hybridized carbons (Fsp3) is 0.111. The maximum absolute atomic E-state index is 5.46. The Bertz CT molecular complexity index is 378. The highest BCUT2D eigenvalue weighted by Gasteiger charge is 1.95. The number of hydrogen-bond donors (Lipinski definition) is 3. The molecule has 0 aromatic carbocycles. The number of imidazole rings is 1. The lowest BCUT2D eigenvalue weighted by atomic mass is 10.4. The molecule has 0 aliphatic rings. The summed E-state index contributed by atoms with van der Waals surface area (Å²) in [6, 6.07) is 3.63. The number of anilines is 2. The Morgan fingerprint density at radius 3 is 2.93 bits per heavy atom. The maximum Gasteiger partial charge on any atom is 0.125 e. The topological polar surface area (TPSA) is 79.6 Å². The predicted octanol–water partition coefficient (Wildman–Crippen LogP) is 0.999. The highest BCUT2D eigenvalue weighted by atomic mass is 15.0. The van der Waals surface area contributed by atoms with Gasteiger partial charge >= 0.3 is 0 Å². The number of nitrogen functional groups attached to an aromatic ring is 1. The average molecular weight is 189 g/mol. The van der Waals surface area contributed by atoms with Gasteiger partial charge in [0.05, 0.1) is 18.4 Å². The van der Waals surface area contributed by atoms with Crippen molar-refractivity contribution in [2.75, 3.05) is 11.1 Å². The third-order valence-corrected chi connectivity index (χ3v) is 1.80. The molecule has 0 aliphatic carbocycles. The van der Waals surface area contributed by atoms with E-state index in [2.05, 4.69) is 20.3 Å². The molecule has 4 N–H and O–H groups in total. The van der Waals surface area contributed by atoms with E-state index in [0.29, 0.717) is 12.4 Å². The van der Waals surface area contributed by atoms with Crippen LogP contribution in [0.25, 0.3) is 0 Å². The molecular weight excluding hydrogens is 178 g/mol. The number of hydrogen-bond acceptors (Lipinski definition) is 4. The van der Waals surface area contributed by atoms with Crippen molar-refractivity contribution < 1.29 is 0 Å². The van der Waals surface area contributed by atoms with Crippen molar-refractivity contribution in [2.45, 2.75) is 6.54 Å². The Hall–Kier alpha value is -2.04. The van der Waals surface area contributed by atoms with Crippen molar-refractivity contribution >= 4 is 11.5 Å². The Morgan fingerprint density at radius 1 is 1.36 bits per heavy atom. The predicted molar refractivity (Wildman–Crippen MR) is 54.6 cm³/mol. The van der Waals surface area contributed by atoms with E-state index in [9.17, 15) is 0 Å². The number of pyridine rings is 1. The molecule has 0 amide bonds. The van der Waals surface area contributed by atoms with Gasteiger partial charge in [-0.25, -0.2) is 9.97 Å². The molecular formula is C9H11N5. The Balaban J connectivity index is 1.95. The largest absolute Gasteiger partial charge is 0.384 e. The molecule has 0 atom stereocenters. The quantitative estimate of drug-likeness (QED) is 0.673. The molecule has 0 bridgehead atoms. The van der Waals surface area contributed by atoms with Crippen molar-refractivity contribution in [3.8, 4) is 0 Å². The molecule has 2 heterocycles. The lowest BCUT2D eigenvalue weighted by Gasteiger charge is -2.03. The zero-order valence-electron chi connectivity index (χ0n) is 7.57. The number of nitrogens with zero attached hydrogens (tertiary/aromatic N) is 2. The minimum Gasteiger partial charge on any atom is -0.384 e. The second-order valence-corrected chi connectivity index (χ2v) is 2.86. The molecule has 0 saturated heterocycles. The van der Waals surface area contributed by atoms with Crippen molar-refractivity contribution in [1.29, 1.82) is 0 Å². The van der Waals surface area contributed by atoms with E-state index in [1.165, 1.54) is 0 Å². The van der Waals surface area contributed by atoms with Crippen molar-refractivity contribution in [2.24, 2.45) is 0 Å². The zero-order chi connectivity index (χ0) is 9.80. The summed E-state index contributed by atoms with van der Waals surface area (Å²) in [7, 11) is 0. The molecule has 2 aromatic heterocycles. The smallest absolute Gasteiger partial charge is 0.125 e. The highest BCUT2D eigenvalue weighted by molar-refractivity contribution is 5.45. The SMILES string of the molecule is Nc1ccc(NCc2ncc[nH]2)cn1. The van der Waals surface area contributed by atoms with Gasteiger partial charge in [0, 0.05) is 12.4 Å². The zero-order valence-corrected chi connectivity index (χ0v) is 7.57. The second-order valence-electron chi connectivity index (χ2n) is 2.86. The lowest BCUT2D eigenvalue weighted by Crippen LogP contribution is -2.01. The van der Waals surface area contributed by atoms with Crippen LogP contribution < -0.4 is 11.1 Å². The molecule has 2 aromatic rings. The van der Waals surface area contributed by atoms with E-state index in [1.54, 1.807) is 24.7 Å². The monoisotopic (exact) mass is 189 g/mol. The third-order valence-electron chi connectivity index (χ3n) is 1.80. The minimum atomic E-state index is 0.522. The molecule has 0 radical (unpaired) electrons. The van der Waals surface area contributed by atoms with Crippen LogP contribution in [0.1, 0.15) is 5.82 Å². The number of nitrogens with two attached hydrogens (primary N) is 1. The summed E-state index contributed by atoms with van der Waals surface area (Å²) in [6.45, 7) is 0.651. The van der Waals surface area contributed by atoms with Crippen LogP contribution in [0.3, 0.4) is 0 Å². The van der Waals surface area contributed by atoms with E-state index in [1.807, 2.05) is 6.07 Å². The van der Waals surface area contributed by atoms with Gasteiger partial charge in [-0.3, -0.25) is 0 Å². The van der Waals surface area contributed by atoms with Crippen molar-refractivity contribution in [1.82, 2.24) is 15.0 Å². The van der Waals surface area contributed by atoms with Crippen LogP contribution in [0.15, 0.2) is 30.7 Å². The fourth-order valence-electron chi connectivity index (χ4n) is 1.09. The Kier molecular flexibility index (Phi) is 2.31. The Morgan fingerprint density at radius 2 is 2.29 bits per heavy atom. The first-order valence-electron chi connectivity index (χ1n) is 4.28. The molecule has 5 nitrogen and oxygen atoms in total. The first-order chi connectivity index (χ1) is 6.84. The van der Waals surface area contributed by atoms with Gasteiger partial charge in [-0.1, -0.05) is 0 Å². The van der Waals surface area contributed by atoms with E-state index in [4.69, 9.17) is 5.73 Å². The van der Waals surface area contributed by atoms with Gasteiger partial charge in [0.15, 0.2) is 0 Å². The summed E-state index contributed by atoms with van der Waals surface area (Å²) in [6.07, 6.45) is 5.20. The van der Waals surface area contributed by atoms with Crippen LogP contribution in [0.5, 0.6) is 0 Å². The maximum atomic E-state index is 5.46. The van der Waals surface area contributed by atoms with E-state index in [-0.39, 0.29) is 0 Å². The first kappa shape index (κ1) is 8.55. The van der Waals surface area contributed by atoms with Crippen LogP contribution in [-0.2, 0) is 6.54 Å². The number of aromatic amines is 1. The molecule has 5 heteroatoms. The number of aromatic nitrogens is 3. The highest BCUT2D eigenvalue weighted by Crippen LogP contribution is 2.07. The Labute approximate surface area is 81.4 Å². The second kappa shape index (κ2) is 3.78. The van der Waals surface area contributed by atoms with Gasteiger partial charge < -0.3 is 16.0 Å². The molecule has 0 unspecified atom stereocenters. The summed E-state index contributed by atoms with van der Waals surface area (Å²) >= 11 is 0. The van der Waals surface area contributed by atoms with Crippen LogP contribution in [0, 0.1) is 0 Å². The molecule has 14 heavy (non-hydrogen) atoms. The van der Waals surface area contributed by atoms with Gasteiger partial charge in [0.2, 0.25) is 0 Å². The molecule has 72 valence electrons. The van der Waals surface area contributed by atoms with E-state index >= 15 is 0 Å². The van der Waals surface area contributed by atoms with Gasteiger partial charge in [0.25, 0.3) is 0 Å². The number of nitrogens with one attached hydrogen (secondary N) is 2. The summed E-state index contributed by atoms with van der Waals surface area (Å²) in [5.74, 6) is 1.41. The molecule has 0 aliphatic heterocycles. The van der Waals surface area contributed by atoms with Crippen LogP contribution in [0.2, 0.25) is 0 Å². The third kappa shape index (κ3) is 2.01. The van der Waals surface area contributed by atoms with Gasteiger partial charge in [0.1, 0.15) is 11.6 Å². The summed E-state index contributed by atoms with van der Waals surface area (Å²) < 4.78 is 0. The fourth-order valence-corrected chi connectivity index (χ4v) is 1.09. The van der Waals surface area contributed by atoms with Crippen LogP contribution >= 0.6 is 0 Å². The van der Waals surface area contributed by atoms with Crippen molar-refractivity contribution in [3.05, 3.63) is 36.5 Å². The van der Waals surface area contributed by atoms with Gasteiger partial charge in [-0.05, 0) is 12.1 Å². The van der Waals surface area contributed by atoms with E-state index < -0.39 is 0 Å². The number of H-pyrrole nitrogens is 1.